The number of hydrogen-bond acceptors (Lipinski definition) is 8. The summed E-state index contributed by atoms with van der Waals surface area (Å²) in [6, 6.07) is 1.54. The van der Waals surface area contributed by atoms with Crippen LogP contribution in [-0.4, -0.2) is 36.7 Å². The molecule has 2 heterocycles. The van der Waals surface area contributed by atoms with Gasteiger partial charge in [0.05, 0.1) is 6.10 Å². The van der Waals surface area contributed by atoms with E-state index in [9.17, 15) is 4.79 Å². The minimum absolute atomic E-state index is 0.0917. The molecule has 0 aliphatic carbocycles. The van der Waals surface area contributed by atoms with Gasteiger partial charge in [0.15, 0.2) is 0 Å². The number of nitrogens with zero attached hydrogens (tertiary/aromatic N) is 5. The van der Waals surface area contributed by atoms with Crippen molar-refractivity contribution in [1.82, 2.24) is 24.7 Å². The largest absolute Gasteiger partial charge is 0.461 e. The Balaban J connectivity index is 2.40. The molecule has 0 spiro atoms. The maximum atomic E-state index is 11.0. The highest BCUT2D eigenvalue weighted by Crippen LogP contribution is 2.11. The second-order valence-corrected chi connectivity index (χ2v) is 4.06. The van der Waals surface area contributed by atoms with Crippen LogP contribution in [0.1, 0.15) is 24.3 Å². The van der Waals surface area contributed by atoms with Crippen LogP contribution < -0.4 is 21.7 Å². The number of carbonyl (C=O) groups excluding carboxylic acids is 1. The van der Waals surface area contributed by atoms with Crippen molar-refractivity contribution in [2.24, 2.45) is 11.6 Å². The van der Waals surface area contributed by atoms with Gasteiger partial charge < -0.3 is 10.5 Å². The van der Waals surface area contributed by atoms with Crippen molar-refractivity contribution in [3.8, 4) is 12.0 Å². The second-order valence-electron chi connectivity index (χ2n) is 4.06. The molecule has 10 heteroatoms. The number of primary amides is 1. The number of aromatic nitrogens is 5. The number of nitrogens with one attached hydrogen (secondary N) is 1. The minimum atomic E-state index is -0.645. The molecule has 20 heavy (non-hydrogen) atoms. The number of hydrazine groups is 1. The fraction of sp³-hybridized carbons (Fsp3) is 0.300. The van der Waals surface area contributed by atoms with Crippen LogP contribution in [0.25, 0.3) is 5.95 Å². The smallest absolute Gasteiger partial charge is 0.323 e. The Morgan fingerprint density at radius 1 is 1.40 bits per heavy atom. The predicted molar refractivity (Wildman–Crippen MR) is 69.0 cm³/mol. The molecule has 0 saturated heterocycles. The second kappa shape index (κ2) is 5.48. The molecule has 0 aliphatic heterocycles. The number of rotatable bonds is 5. The van der Waals surface area contributed by atoms with Crippen molar-refractivity contribution < 1.29 is 9.53 Å². The third-order valence-electron chi connectivity index (χ3n) is 2.12. The molecule has 0 bridgehead atoms. The molecule has 0 fully saturated rings. The summed E-state index contributed by atoms with van der Waals surface area (Å²) in [7, 11) is 0. The number of nitrogen functional groups attached to an aromatic ring is 1. The number of ether oxygens (including phenoxy) is 1. The summed E-state index contributed by atoms with van der Waals surface area (Å²) in [6.45, 7) is 3.66. The average Bonchev–Trinajstić information content (AvgIpc) is 2.87. The fourth-order valence-electron chi connectivity index (χ4n) is 1.34. The van der Waals surface area contributed by atoms with E-state index < -0.39 is 5.91 Å². The topological polar surface area (TPSA) is 147 Å². The molecule has 2 rings (SSSR count). The van der Waals surface area contributed by atoms with Crippen LogP contribution in [0.4, 0.5) is 5.95 Å². The summed E-state index contributed by atoms with van der Waals surface area (Å²) in [5.41, 5.74) is 7.53. The van der Waals surface area contributed by atoms with E-state index in [1.165, 1.54) is 16.9 Å². The Morgan fingerprint density at radius 2 is 2.15 bits per heavy atom. The third-order valence-corrected chi connectivity index (χ3v) is 2.12. The van der Waals surface area contributed by atoms with E-state index in [4.69, 9.17) is 16.3 Å². The Bertz CT molecular complexity index is 623. The molecule has 0 aliphatic rings. The molecule has 0 saturated carbocycles. The van der Waals surface area contributed by atoms with Gasteiger partial charge in [0.1, 0.15) is 5.69 Å². The van der Waals surface area contributed by atoms with Crippen LogP contribution in [0, 0.1) is 0 Å². The van der Waals surface area contributed by atoms with Gasteiger partial charge in [-0.3, -0.25) is 10.2 Å². The highest BCUT2D eigenvalue weighted by molar-refractivity contribution is 5.90. The van der Waals surface area contributed by atoms with Gasteiger partial charge in [-0.15, -0.1) is 0 Å². The van der Waals surface area contributed by atoms with Gasteiger partial charge in [-0.2, -0.15) is 20.1 Å². The van der Waals surface area contributed by atoms with E-state index in [1.54, 1.807) is 0 Å². The highest BCUT2D eigenvalue weighted by Gasteiger charge is 2.12. The van der Waals surface area contributed by atoms with Gasteiger partial charge in [0, 0.05) is 6.20 Å². The van der Waals surface area contributed by atoms with Crippen LogP contribution in [0.5, 0.6) is 6.01 Å². The molecule has 0 aromatic carbocycles. The Hall–Kier alpha value is -2.75. The molecule has 10 nitrogen and oxygen atoms in total. The lowest BCUT2D eigenvalue weighted by Gasteiger charge is -2.09. The summed E-state index contributed by atoms with van der Waals surface area (Å²) in [4.78, 5) is 23.0. The van der Waals surface area contributed by atoms with E-state index in [2.05, 4.69) is 25.5 Å². The van der Waals surface area contributed by atoms with Crippen molar-refractivity contribution in [2.45, 2.75) is 20.0 Å². The molecule has 0 radical (unpaired) electrons. The van der Waals surface area contributed by atoms with Gasteiger partial charge >= 0.3 is 6.01 Å². The molecule has 2 aromatic rings. The lowest BCUT2D eigenvalue weighted by atomic mass is 10.4. The Kier molecular flexibility index (Phi) is 3.75. The van der Waals surface area contributed by atoms with Gasteiger partial charge in [-0.25, -0.2) is 10.5 Å². The van der Waals surface area contributed by atoms with Crippen LogP contribution >= 0.6 is 0 Å². The first-order valence-electron chi connectivity index (χ1n) is 5.75. The summed E-state index contributed by atoms with van der Waals surface area (Å²) >= 11 is 0. The highest BCUT2D eigenvalue weighted by atomic mass is 16.5. The lowest BCUT2D eigenvalue weighted by molar-refractivity contribution is 0.0995. The molecule has 1 amide bonds. The SMILES string of the molecule is CC(C)Oc1nc(NN)nc(-n2ccc(C(N)=O)n2)n1. The van der Waals surface area contributed by atoms with Crippen molar-refractivity contribution >= 4 is 11.9 Å². The zero-order chi connectivity index (χ0) is 14.7. The number of nitrogens with two attached hydrogens (primary N) is 2. The van der Waals surface area contributed by atoms with Gasteiger partial charge in [-0.05, 0) is 19.9 Å². The zero-order valence-electron chi connectivity index (χ0n) is 10.9. The van der Waals surface area contributed by atoms with Gasteiger partial charge in [-0.1, -0.05) is 0 Å². The van der Waals surface area contributed by atoms with Crippen molar-refractivity contribution in [2.75, 3.05) is 5.43 Å². The summed E-state index contributed by atoms with van der Waals surface area (Å²) in [5, 5.41) is 3.94. The maximum absolute atomic E-state index is 11.0. The monoisotopic (exact) mass is 278 g/mol. The number of hydrogen-bond donors (Lipinski definition) is 3. The van der Waals surface area contributed by atoms with Crippen molar-refractivity contribution in [3.05, 3.63) is 18.0 Å². The van der Waals surface area contributed by atoms with Gasteiger partial charge in [0.25, 0.3) is 11.9 Å². The third kappa shape index (κ3) is 2.98. The minimum Gasteiger partial charge on any atom is -0.461 e. The van der Waals surface area contributed by atoms with E-state index in [-0.39, 0.29) is 29.7 Å². The number of anilines is 1. The molecular weight excluding hydrogens is 264 g/mol. The molecule has 0 atom stereocenters. The van der Waals surface area contributed by atoms with Crippen molar-refractivity contribution in [3.63, 3.8) is 0 Å². The molecule has 106 valence electrons. The zero-order valence-corrected chi connectivity index (χ0v) is 10.9. The number of carbonyl (C=O) groups is 1. The summed E-state index contributed by atoms with van der Waals surface area (Å²) in [6.07, 6.45) is 1.38. The Morgan fingerprint density at radius 3 is 2.70 bits per heavy atom. The fourth-order valence-corrected chi connectivity index (χ4v) is 1.34. The Labute approximate surface area is 114 Å². The molecule has 5 N–H and O–H groups in total. The van der Waals surface area contributed by atoms with Crippen molar-refractivity contribution in [1.29, 1.82) is 0 Å². The standard InChI is InChI=1S/C10H14N8O2/c1-5(2)20-10-14-8(16-12)13-9(15-10)18-4-3-6(17-18)7(11)19/h3-5H,12H2,1-2H3,(H2,11,19)(H,13,14,15,16). The summed E-state index contributed by atoms with van der Waals surface area (Å²) < 4.78 is 6.66. The first-order valence-corrected chi connectivity index (χ1v) is 5.75. The van der Waals surface area contributed by atoms with Gasteiger partial charge in [0.2, 0.25) is 5.95 Å². The number of amides is 1. The van der Waals surface area contributed by atoms with E-state index in [1.807, 2.05) is 13.8 Å². The van der Waals surface area contributed by atoms with Crippen LogP contribution in [-0.2, 0) is 0 Å². The normalized spacial score (nSPS) is 10.6. The predicted octanol–water partition coefficient (Wildman–Crippen LogP) is -0.771. The van der Waals surface area contributed by atoms with E-state index in [0.717, 1.165) is 0 Å². The maximum Gasteiger partial charge on any atom is 0.323 e. The lowest BCUT2D eigenvalue weighted by Crippen LogP contribution is -2.17. The van der Waals surface area contributed by atoms with Crippen LogP contribution in [0.3, 0.4) is 0 Å². The molecule has 2 aromatic heterocycles. The molecule has 0 unspecified atom stereocenters. The van der Waals surface area contributed by atoms with Crippen LogP contribution in [0.15, 0.2) is 12.3 Å². The average molecular weight is 278 g/mol. The first-order chi connectivity index (χ1) is 9.49. The van der Waals surface area contributed by atoms with Crippen LogP contribution in [0.2, 0.25) is 0 Å². The summed E-state index contributed by atoms with van der Waals surface area (Å²) in [5.74, 6) is 4.90. The molecular formula is C10H14N8O2. The quantitative estimate of drug-likeness (QED) is 0.477. The van der Waals surface area contributed by atoms with E-state index in [0.29, 0.717) is 0 Å². The first kappa shape index (κ1) is 13.7. The van der Waals surface area contributed by atoms with E-state index >= 15 is 0 Å².